The molecule has 112 valence electrons. The second-order valence-corrected chi connectivity index (χ2v) is 7.58. The van der Waals surface area contributed by atoms with Gasteiger partial charge in [0, 0.05) is 6.26 Å². The molecule has 2 N–H and O–H groups in total. The van der Waals surface area contributed by atoms with Gasteiger partial charge in [0.15, 0.2) is 9.84 Å². The minimum absolute atomic E-state index is 0.219. The van der Waals surface area contributed by atoms with E-state index in [2.05, 4.69) is 5.32 Å². The summed E-state index contributed by atoms with van der Waals surface area (Å²) in [6, 6.07) is 7.32. The third kappa shape index (κ3) is 2.76. The molecule has 20 heavy (non-hydrogen) atoms. The van der Waals surface area contributed by atoms with Crippen LogP contribution < -0.4 is 10.1 Å². The quantitative estimate of drug-likeness (QED) is 0.860. The lowest BCUT2D eigenvalue weighted by molar-refractivity contribution is 0.215. The van der Waals surface area contributed by atoms with Crippen LogP contribution in [0.2, 0.25) is 0 Å². The lowest BCUT2D eigenvalue weighted by Gasteiger charge is -2.35. The van der Waals surface area contributed by atoms with Crippen LogP contribution in [0.25, 0.3) is 0 Å². The number of methoxy groups -OCH3 is 1. The lowest BCUT2D eigenvalue weighted by Crippen LogP contribution is -2.51. The zero-order chi connectivity index (χ0) is 14.8. The fourth-order valence-corrected chi connectivity index (χ4v) is 4.71. The molecule has 2 atom stereocenters. The molecule has 0 radical (unpaired) electrons. The molecule has 1 fully saturated rings. The smallest absolute Gasteiger partial charge is 0.152 e. The summed E-state index contributed by atoms with van der Waals surface area (Å²) in [5.41, 5.74) is -0.123. The first-order chi connectivity index (χ1) is 9.43. The van der Waals surface area contributed by atoms with Crippen molar-refractivity contribution in [1.82, 2.24) is 0 Å². The summed E-state index contributed by atoms with van der Waals surface area (Å²) < 4.78 is 29.2. The molecule has 1 aromatic rings. The molecule has 2 unspecified atom stereocenters. The summed E-state index contributed by atoms with van der Waals surface area (Å²) in [4.78, 5) is 0. The van der Waals surface area contributed by atoms with Crippen LogP contribution in [0.5, 0.6) is 5.75 Å². The van der Waals surface area contributed by atoms with Crippen molar-refractivity contribution in [2.24, 2.45) is 0 Å². The summed E-state index contributed by atoms with van der Waals surface area (Å²) >= 11 is 0. The molecule has 0 aromatic heterocycles. The topological polar surface area (TPSA) is 75.6 Å². The van der Waals surface area contributed by atoms with Gasteiger partial charge in [0.05, 0.1) is 30.2 Å². The predicted octanol–water partition coefficient (Wildman–Crippen LogP) is 1.44. The van der Waals surface area contributed by atoms with Crippen molar-refractivity contribution >= 4 is 15.5 Å². The van der Waals surface area contributed by atoms with Gasteiger partial charge in [-0.1, -0.05) is 12.1 Å². The van der Waals surface area contributed by atoms with Crippen molar-refractivity contribution in [3.8, 4) is 5.75 Å². The van der Waals surface area contributed by atoms with Gasteiger partial charge in [0.2, 0.25) is 0 Å². The van der Waals surface area contributed by atoms with E-state index in [1.807, 2.05) is 18.2 Å². The average Bonchev–Trinajstić information content (AvgIpc) is 2.84. The van der Waals surface area contributed by atoms with E-state index >= 15 is 0 Å². The van der Waals surface area contributed by atoms with E-state index in [4.69, 9.17) is 4.74 Å². The maximum absolute atomic E-state index is 12.0. The number of hydrogen-bond donors (Lipinski definition) is 2. The Morgan fingerprint density at radius 1 is 1.45 bits per heavy atom. The van der Waals surface area contributed by atoms with Gasteiger partial charge in [-0.3, -0.25) is 0 Å². The van der Waals surface area contributed by atoms with Crippen molar-refractivity contribution in [2.45, 2.75) is 30.1 Å². The Labute approximate surface area is 119 Å². The Kier molecular flexibility index (Phi) is 4.25. The zero-order valence-electron chi connectivity index (χ0n) is 11.8. The van der Waals surface area contributed by atoms with Crippen LogP contribution in [0.1, 0.15) is 19.3 Å². The third-order valence-corrected chi connectivity index (χ3v) is 5.72. The van der Waals surface area contributed by atoms with Crippen molar-refractivity contribution in [3.05, 3.63) is 24.3 Å². The number of benzene rings is 1. The number of rotatable bonds is 5. The maximum atomic E-state index is 12.0. The van der Waals surface area contributed by atoms with Gasteiger partial charge < -0.3 is 15.2 Å². The Morgan fingerprint density at radius 3 is 2.75 bits per heavy atom. The summed E-state index contributed by atoms with van der Waals surface area (Å²) in [6.45, 7) is -0.219. The molecule has 0 amide bonds. The highest BCUT2D eigenvalue weighted by Crippen LogP contribution is 2.39. The second-order valence-electron chi connectivity index (χ2n) is 5.35. The number of ether oxygens (including phenoxy) is 1. The summed E-state index contributed by atoms with van der Waals surface area (Å²) in [5.74, 6) is 0.638. The minimum atomic E-state index is -3.23. The summed E-state index contributed by atoms with van der Waals surface area (Å²) in [7, 11) is -1.66. The Bertz CT molecular complexity index is 572. The van der Waals surface area contributed by atoms with E-state index in [0.29, 0.717) is 24.3 Å². The minimum Gasteiger partial charge on any atom is -0.495 e. The van der Waals surface area contributed by atoms with Gasteiger partial charge in [-0.15, -0.1) is 0 Å². The van der Waals surface area contributed by atoms with Crippen LogP contribution in [0, 0.1) is 0 Å². The first-order valence-corrected chi connectivity index (χ1v) is 8.59. The molecule has 5 nitrogen and oxygen atoms in total. The summed E-state index contributed by atoms with van der Waals surface area (Å²) in [6.07, 6.45) is 3.21. The highest BCUT2D eigenvalue weighted by Gasteiger charge is 2.48. The SMILES string of the molecule is COc1ccccc1NC1(CO)CCCC1S(C)(=O)=O. The number of hydrogen-bond acceptors (Lipinski definition) is 5. The van der Waals surface area contributed by atoms with E-state index in [1.165, 1.54) is 6.26 Å². The van der Waals surface area contributed by atoms with Crippen molar-refractivity contribution in [3.63, 3.8) is 0 Å². The van der Waals surface area contributed by atoms with E-state index < -0.39 is 20.6 Å². The molecule has 1 aliphatic rings. The third-order valence-electron chi connectivity index (χ3n) is 4.00. The molecule has 0 saturated heterocycles. The molecule has 0 spiro atoms. The van der Waals surface area contributed by atoms with E-state index in [0.717, 1.165) is 6.42 Å². The van der Waals surface area contributed by atoms with Gasteiger partial charge in [-0.05, 0) is 31.4 Å². The predicted molar refractivity (Wildman–Crippen MR) is 78.9 cm³/mol. The van der Waals surface area contributed by atoms with E-state index in [-0.39, 0.29) is 6.61 Å². The van der Waals surface area contributed by atoms with E-state index in [9.17, 15) is 13.5 Å². The molecule has 2 rings (SSSR count). The molecule has 1 saturated carbocycles. The van der Waals surface area contributed by atoms with Crippen molar-refractivity contribution in [1.29, 1.82) is 0 Å². The second kappa shape index (κ2) is 5.61. The number of sulfone groups is 1. The van der Waals surface area contributed by atoms with Gasteiger partial charge >= 0.3 is 0 Å². The number of aliphatic hydroxyl groups is 1. The standard InChI is InChI=1S/C14H21NO4S/c1-19-12-7-4-3-6-11(12)15-14(10-16)9-5-8-13(14)20(2,17)18/h3-4,6-7,13,15-16H,5,8-10H2,1-2H3. The van der Waals surface area contributed by atoms with Gasteiger partial charge in [-0.25, -0.2) is 8.42 Å². The van der Waals surface area contributed by atoms with Crippen LogP contribution in [-0.2, 0) is 9.84 Å². The number of anilines is 1. The van der Waals surface area contributed by atoms with Crippen molar-refractivity contribution < 1.29 is 18.3 Å². The molecule has 0 heterocycles. The van der Waals surface area contributed by atoms with Crippen LogP contribution in [-0.4, -0.2) is 44.3 Å². The van der Waals surface area contributed by atoms with E-state index in [1.54, 1.807) is 13.2 Å². The highest BCUT2D eigenvalue weighted by atomic mass is 32.2. The van der Waals surface area contributed by atoms with Crippen LogP contribution in [0.4, 0.5) is 5.69 Å². The highest BCUT2D eigenvalue weighted by molar-refractivity contribution is 7.91. The summed E-state index contributed by atoms with van der Waals surface area (Å²) in [5, 5.41) is 12.5. The average molecular weight is 299 g/mol. The first kappa shape index (κ1) is 15.1. The molecular formula is C14H21NO4S. The number of aliphatic hydroxyl groups excluding tert-OH is 1. The van der Waals surface area contributed by atoms with Crippen LogP contribution in [0.3, 0.4) is 0 Å². The fraction of sp³-hybridized carbons (Fsp3) is 0.571. The zero-order valence-corrected chi connectivity index (χ0v) is 12.6. The fourth-order valence-electron chi connectivity index (χ4n) is 3.04. The first-order valence-electron chi connectivity index (χ1n) is 6.64. The van der Waals surface area contributed by atoms with Crippen LogP contribution >= 0.6 is 0 Å². The lowest BCUT2D eigenvalue weighted by atomic mass is 9.97. The maximum Gasteiger partial charge on any atom is 0.152 e. The van der Waals surface area contributed by atoms with Crippen LogP contribution in [0.15, 0.2) is 24.3 Å². The molecule has 0 aliphatic heterocycles. The molecule has 1 aromatic carbocycles. The molecule has 6 heteroatoms. The van der Waals surface area contributed by atoms with Gasteiger partial charge in [0.1, 0.15) is 5.75 Å². The van der Waals surface area contributed by atoms with Gasteiger partial charge in [-0.2, -0.15) is 0 Å². The Morgan fingerprint density at radius 2 is 2.15 bits per heavy atom. The van der Waals surface area contributed by atoms with Crippen molar-refractivity contribution in [2.75, 3.05) is 25.3 Å². The number of nitrogens with one attached hydrogen (secondary N) is 1. The molecule has 1 aliphatic carbocycles. The Hall–Kier alpha value is -1.27. The number of para-hydroxylation sites is 2. The normalized spacial score (nSPS) is 26.4. The molecular weight excluding hydrogens is 278 g/mol. The van der Waals surface area contributed by atoms with Gasteiger partial charge in [0.25, 0.3) is 0 Å². The largest absolute Gasteiger partial charge is 0.495 e. The monoisotopic (exact) mass is 299 g/mol. The Balaban J connectivity index is 2.37. The molecule has 0 bridgehead atoms.